The van der Waals surface area contributed by atoms with Gasteiger partial charge in [-0.2, -0.15) is 0 Å². The van der Waals surface area contributed by atoms with Crippen molar-refractivity contribution >= 4 is 29.0 Å². The van der Waals surface area contributed by atoms with Crippen LogP contribution in [0.25, 0.3) is 0 Å². The van der Waals surface area contributed by atoms with E-state index in [1.165, 1.54) is 10.4 Å². The van der Waals surface area contributed by atoms with Gasteiger partial charge in [-0.25, -0.2) is 4.98 Å². The summed E-state index contributed by atoms with van der Waals surface area (Å²) in [6.45, 7) is 3.62. The molecule has 0 saturated carbocycles. The van der Waals surface area contributed by atoms with Gasteiger partial charge in [0.15, 0.2) is 0 Å². The number of aromatic nitrogens is 1. The number of carbonyl (C=O) groups is 1. The maximum absolute atomic E-state index is 12.4. The highest BCUT2D eigenvalue weighted by Gasteiger charge is 2.16. The lowest BCUT2D eigenvalue weighted by Crippen LogP contribution is -2.37. The van der Waals surface area contributed by atoms with Crippen LogP contribution < -0.4 is 5.32 Å². The number of hydrogen-bond acceptors (Lipinski definition) is 5. The molecule has 1 N–H and O–H groups in total. The van der Waals surface area contributed by atoms with Gasteiger partial charge in [0.25, 0.3) is 5.91 Å². The fourth-order valence-electron chi connectivity index (χ4n) is 3.13. The van der Waals surface area contributed by atoms with Gasteiger partial charge < -0.3 is 5.32 Å². The molecule has 0 aliphatic carbocycles. The van der Waals surface area contributed by atoms with Crippen LogP contribution in [0, 0.1) is 0 Å². The van der Waals surface area contributed by atoms with Crippen molar-refractivity contribution in [3.05, 3.63) is 76.1 Å². The molecule has 1 aromatic carbocycles. The van der Waals surface area contributed by atoms with Crippen molar-refractivity contribution in [1.29, 1.82) is 0 Å². The van der Waals surface area contributed by atoms with Crippen LogP contribution in [-0.2, 0) is 13.0 Å². The highest BCUT2D eigenvalue weighted by Crippen LogP contribution is 2.26. The highest BCUT2D eigenvalue weighted by atomic mass is 32.2. The molecule has 4 nitrogen and oxygen atoms in total. The number of nitrogens with zero attached hydrogens (tertiary/aromatic N) is 2. The van der Waals surface area contributed by atoms with Gasteiger partial charge in [-0.15, -0.1) is 11.3 Å². The molecule has 0 radical (unpaired) electrons. The standard InChI is InChI=1S/C21H21N3OS2/c25-21(23-11-13-24-12-8-19-17(15-24)9-14-26-19)16-4-6-18(7-5-16)27-20-3-1-2-10-22-20/h1-7,9-10,14H,8,11-13,15H2,(H,23,25). The quantitative estimate of drug-likeness (QED) is 0.683. The van der Waals surface area contributed by atoms with Crippen LogP contribution in [0.5, 0.6) is 0 Å². The van der Waals surface area contributed by atoms with Gasteiger partial charge in [-0.1, -0.05) is 17.8 Å². The van der Waals surface area contributed by atoms with E-state index in [0.29, 0.717) is 12.1 Å². The Morgan fingerprint density at radius 3 is 2.89 bits per heavy atom. The lowest BCUT2D eigenvalue weighted by atomic mass is 10.1. The van der Waals surface area contributed by atoms with Crippen LogP contribution in [0.2, 0.25) is 0 Å². The van der Waals surface area contributed by atoms with Crippen molar-refractivity contribution in [2.45, 2.75) is 22.9 Å². The summed E-state index contributed by atoms with van der Waals surface area (Å²) in [6, 6.07) is 15.8. The number of thiophene rings is 1. The smallest absolute Gasteiger partial charge is 0.251 e. The van der Waals surface area contributed by atoms with Crippen molar-refractivity contribution in [2.75, 3.05) is 19.6 Å². The minimum Gasteiger partial charge on any atom is -0.351 e. The lowest BCUT2D eigenvalue weighted by molar-refractivity contribution is 0.0947. The number of carbonyl (C=O) groups excluding carboxylic acids is 1. The summed E-state index contributed by atoms with van der Waals surface area (Å²) in [7, 11) is 0. The minimum atomic E-state index is -0.0161. The maximum Gasteiger partial charge on any atom is 0.251 e. The number of nitrogens with one attached hydrogen (secondary N) is 1. The summed E-state index contributed by atoms with van der Waals surface area (Å²) in [4.78, 5) is 21.7. The predicted molar refractivity (Wildman–Crippen MR) is 110 cm³/mol. The second-order valence-corrected chi connectivity index (χ2v) is 8.54. The van der Waals surface area contributed by atoms with E-state index >= 15 is 0 Å². The topological polar surface area (TPSA) is 45.2 Å². The SMILES string of the molecule is O=C(NCCN1CCc2sccc2C1)c1ccc(Sc2ccccn2)cc1. The Balaban J connectivity index is 1.25. The first-order chi connectivity index (χ1) is 13.3. The Hall–Kier alpha value is -2.15. The number of benzene rings is 1. The zero-order chi connectivity index (χ0) is 18.5. The predicted octanol–water partition coefficient (Wildman–Crippen LogP) is 4.08. The number of hydrogen-bond donors (Lipinski definition) is 1. The molecule has 1 aliphatic heterocycles. The summed E-state index contributed by atoms with van der Waals surface area (Å²) in [5.74, 6) is -0.0161. The Morgan fingerprint density at radius 2 is 2.07 bits per heavy atom. The molecule has 0 fully saturated rings. The monoisotopic (exact) mass is 395 g/mol. The van der Waals surface area contributed by atoms with Gasteiger partial charge in [0, 0.05) is 47.7 Å². The second-order valence-electron chi connectivity index (χ2n) is 6.45. The van der Waals surface area contributed by atoms with Crippen molar-refractivity contribution in [2.24, 2.45) is 0 Å². The average molecular weight is 396 g/mol. The van der Waals surface area contributed by atoms with Crippen LogP contribution >= 0.6 is 23.1 Å². The molecule has 0 unspecified atom stereocenters. The van der Waals surface area contributed by atoms with E-state index in [2.05, 4.69) is 26.6 Å². The first kappa shape index (κ1) is 18.2. The van der Waals surface area contributed by atoms with Gasteiger partial charge in [0.05, 0.1) is 0 Å². The Morgan fingerprint density at radius 1 is 1.19 bits per heavy atom. The third-order valence-electron chi connectivity index (χ3n) is 4.58. The van der Waals surface area contributed by atoms with E-state index in [1.807, 2.05) is 53.8 Å². The number of rotatable bonds is 6. The molecule has 2 aromatic heterocycles. The molecule has 138 valence electrons. The summed E-state index contributed by atoms with van der Waals surface area (Å²) >= 11 is 3.44. The molecule has 6 heteroatoms. The third kappa shape index (κ3) is 4.77. The molecule has 0 bridgehead atoms. The molecule has 0 spiro atoms. The molecule has 0 saturated heterocycles. The minimum absolute atomic E-state index is 0.0161. The summed E-state index contributed by atoms with van der Waals surface area (Å²) in [5.41, 5.74) is 2.14. The van der Waals surface area contributed by atoms with E-state index in [1.54, 1.807) is 18.0 Å². The van der Waals surface area contributed by atoms with Crippen LogP contribution in [0.15, 0.2) is 70.0 Å². The van der Waals surface area contributed by atoms with E-state index in [0.717, 1.165) is 36.0 Å². The fraction of sp³-hybridized carbons (Fsp3) is 0.238. The Labute approximate surface area is 167 Å². The van der Waals surface area contributed by atoms with E-state index in [-0.39, 0.29) is 5.91 Å². The summed E-state index contributed by atoms with van der Waals surface area (Å²) < 4.78 is 0. The van der Waals surface area contributed by atoms with Gasteiger partial charge in [-0.3, -0.25) is 9.69 Å². The van der Waals surface area contributed by atoms with E-state index < -0.39 is 0 Å². The molecule has 0 atom stereocenters. The summed E-state index contributed by atoms with van der Waals surface area (Å²) in [5, 5.41) is 6.16. The molecule has 3 aromatic rings. The molecule has 1 amide bonds. The number of fused-ring (bicyclic) bond motifs is 1. The number of amides is 1. The first-order valence-corrected chi connectivity index (χ1v) is 10.7. The van der Waals surface area contributed by atoms with Crippen molar-refractivity contribution in [3.8, 4) is 0 Å². The molecule has 4 rings (SSSR count). The van der Waals surface area contributed by atoms with Gasteiger partial charge in [0.1, 0.15) is 5.03 Å². The van der Waals surface area contributed by atoms with Crippen LogP contribution in [0.1, 0.15) is 20.8 Å². The largest absolute Gasteiger partial charge is 0.351 e. The van der Waals surface area contributed by atoms with Crippen molar-refractivity contribution in [1.82, 2.24) is 15.2 Å². The molecular formula is C21H21N3OS2. The van der Waals surface area contributed by atoms with Gasteiger partial charge in [-0.05, 0) is 59.8 Å². The zero-order valence-corrected chi connectivity index (χ0v) is 16.6. The van der Waals surface area contributed by atoms with Crippen molar-refractivity contribution in [3.63, 3.8) is 0 Å². The Bertz CT molecular complexity index is 893. The van der Waals surface area contributed by atoms with Crippen molar-refractivity contribution < 1.29 is 4.79 Å². The molecule has 1 aliphatic rings. The Kier molecular flexibility index (Phi) is 5.87. The molecule has 3 heterocycles. The van der Waals surface area contributed by atoms with E-state index in [4.69, 9.17) is 0 Å². The van der Waals surface area contributed by atoms with Gasteiger partial charge in [0.2, 0.25) is 0 Å². The first-order valence-electron chi connectivity index (χ1n) is 9.03. The van der Waals surface area contributed by atoms with Gasteiger partial charge >= 0.3 is 0 Å². The molecular weight excluding hydrogens is 374 g/mol. The highest BCUT2D eigenvalue weighted by molar-refractivity contribution is 7.99. The maximum atomic E-state index is 12.4. The van der Waals surface area contributed by atoms with Crippen LogP contribution in [-0.4, -0.2) is 35.4 Å². The van der Waals surface area contributed by atoms with Crippen LogP contribution in [0.3, 0.4) is 0 Å². The normalized spacial score (nSPS) is 13.9. The zero-order valence-electron chi connectivity index (χ0n) is 14.9. The lowest BCUT2D eigenvalue weighted by Gasteiger charge is -2.26. The third-order valence-corrected chi connectivity index (χ3v) is 6.56. The summed E-state index contributed by atoms with van der Waals surface area (Å²) in [6.07, 6.45) is 2.90. The van der Waals surface area contributed by atoms with E-state index in [9.17, 15) is 4.79 Å². The molecule has 27 heavy (non-hydrogen) atoms. The van der Waals surface area contributed by atoms with Crippen LogP contribution in [0.4, 0.5) is 0 Å². The average Bonchev–Trinajstić information content (AvgIpc) is 3.17. The fourth-order valence-corrected chi connectivity index (χ4v) is 4.79. The second kappa shape index (κ2) is 8.69. The number of pyridine rings is 1.